The van der Waals surface area contributed by atoms with E-state index < -0.39 is 13.7 Å². The number of rotatable bonds is 5. The molecular weight excluding hydrogens is 215 g/mol. The largest absolute Gasteiger partial charge is 0.497 e. The van der Waals surface area contributed by atoms with E-state index in [1.807, 2.05) is 0 Å². The molecule has 0 saturated carbocycles. The van der Waals surface area contributed by atoms with Gasteiger partial charge in [-0.15, -0.1) is 0 Å². The minimum absolute atomic E-state index is 0.301. The summed E-state index contributed by atoms with van der Waals surface area (Å²) >= 11 is 0. The molecule has 0 radical (unpaired) electrons. The van der Waals surface area contributed by atoms with Gasteiger partial charge in [-0.3, -0.25) is 4.57 Å². The molecule has 0 aliphatic carbocycles. The molecule has 5 heteroatoms. The fraction of sp³-hybridized carbons (Fsp3) is 0.400. The van der Waals surface area contributed by atoms with Crippen molar-refractivity contribution in [2.45, 2.75) is 6.92 Å². The highest BCUT2D eigenvalue weighted by molar-refractivity contribution is 7.66. The predicted octanol–water partition coefficient (Wildman–Crippen LogP) is 1.58. The van der Waals surface area contributed by atoms with Crippen molar-refractivity contribution in [2.75, 3.05) is 20.1 Å². The molecule has 0 bridgehead atoms. The number of methoxy groups -OCH3 is 1. The fourth-order valence-corrected chi connectivity index (χ4v) is 2.68. The molecule has 0 fully saturated rings. The van der Waals surface area contributed by atoms with Gasteiger partial charge >= 0.3 is 0 Å². The van der Waals surface area contributed by atoms with Crippen molar-refractivity contribution in [1.29, 1.82) is 0 Å². The Labute approximate surface area is 89.3 Å². The monoisotopic (exact) mass is 230 g/mol. The highest BCUT2D eigenvalue weighted by atomic mass is 31.2. The van der Waals surface area contributed by atoms with Gasteiger partial charge in [0, 0.05) is 5.30 Å². The fourth-order valence-electron chi connectivity index (χ4n) is 1.23. The van der Waals surface area contributed by atoms with Crippen LogP contribution >= 0.6 is 7.37 Å². The number of aliphatic hydroxyl groups excluding tert-OH is 1. The lowest BCUT2D eigenvalue weighted by Gasteiger charge is -2.15. The zero-order chi connectivity index (χ0) is 11.3. The van der Waals surface area contributed by atoms with Gasteiger partial charge in [0.25, 0.3) is 7.37 Å². The molecule has 0 saturated heterocycles. The Morgan fingerprint density at radius 2 is 2.20 bits per heavy atom. The molecule has 1 aromatic rings. The first-order valence-electron chi connectivity index (χ1n) is 4.65. The van der Waals surface area contributed by atoms with E-state index in [0.29, 0.717) is 17.7 Å². The Kier molecular flexibility index (Phi) is 4.33. The van der Waals surface area contributed by atoms with Crippen molar-refractivity contribution in [3.05, 3.63) is 24.3 Å². The van der Waals surface area contributed by atoms with Gasteiger partial charge < -0.3 is 14.4 Å². The van der Waals surface area contributed by atoms with Gasteiger partial charge in [-0.2, -0.15) is 0 Å². The summed E-state index contributed by atoms with van der Waals surface area (Å²) in [6.07, 6.45) is -0.492. The standard InChI is InChI=1S/C10H15O4P/c1-3-14-15(12,8-11)10-6-4-5-9(7-10)13-2/h4-7,11H,3,8H2,1-2H3. The van der Waals surface area contributed by atoms with E-state index in [1.54, 1.807) is 31.2 Å². The van der Waals surface area contributed by atoms with Crippen LogP contribution in [0.4, 0.5) is 0 Å². The lowest BCUT2D eigenvalue weighted by atomic mass is 10.3. The van der Waals surface area contributed by atoms with Crippen LogP contribution in [0.2, 0.25) is 0 Å². The third kappa shape index (κ3) is 2.81. The molecule has 1 unspecified atom stereocenters. The molecule has 84 valence electrons. The molecule has 1 aromatic carbocycles. The molecule has 0 heterocycles. The molecule has 0 aromatic heterocycles. The van der Waals surface area contributed by atoms with E-state index in [0.717, 1.165) is 0 Å². The van der Waals surface area contributed by atoms with E-state index >= 15 is 0 Å². The molecule has 0 aliphatic heterocycles. The van der Waals surface area contributed by atoms with E-state index in [1.165, 1.54) is 7.11 Å². The topological polar surface area (TPSA) is 55.8 Å². The molecule has 15 heavy (non-hydrogen) atoms. The van der Waals surface area contributed by atoms with Crippen LogP contribution in [0.1, 0.15) is 6.92 Å². The van der Waals surface area contributed by atoms with Crippen LogP contribution in [0, 0.1) is 0 Å². The van der Waals surface area contributed by atoms with Crippen molar-refractivity contribution in [3.8, 4) is 5.75 Å². The first kappa shape index (κ1) is 12.2. The molecule has 1 atom stereocenters. The third-order valence-corrected chi connectivity index (χ3v) is 4.08. The van der Waals surface area contributed by atoms with Gasteiger partial charge in [-0.05, 0) is 25.1 Å². The average Bonchev–Trinajstić information content (AvgIpc) is 2.29. The second kappa shape index (κ2) is 5.31. The maximum atomic E-state index is 12.1. The van der Waals surface area contributed by atoms with Gasteiger partial charge in [-0.1, -0.05) is 6.07 Å². The third-order valence-electron chi connectivity index (χ3n) is 1.97. The van der Waals surface area contributed by atoms with Gasteiger partial charge in [0.05, 0.1) is 13.7 Å². The summed E-state index contributed by atoms with van der Waals surface area (Å²) in [5.74, 6) is 0.598. The minimum Gasteiger partial charge on any atom is -0.497 e. The Bertz CT molecular complexity index is 364. The molecular formula is C10H15O4P. The summed E-state index contributed by atoms with van der Waals surface area (Å²) in [7, 11) is -1.59. The number of hydrogen-bond acceptors (Lipinski definition) is 4. The zero-order valence-corrected chi connectivity index (χ0v) is 9.74. The number of aliphatic hydroxyl groups is 1. The summed E-state index contributed by atoms with van der Waals surface area (Å²) in [5, 5.41) is 9.58. The van der Waals surface area contributed by atoms with E-state index in [9.17, 15) is 4.57 Å². The number of hydrogen-bond donors (Lipinski definition) is 1. The minimum atomic E-state index is -3.12. The number of ether oxygens (including phenoxy) is 1. The summed E-state index contributed by atoms with van der Waals surface area (Å²) < 4.78 is 22.3. The summed E-state index contributed by atoms with van der Waals surface area (Å²) in [6.45, 7) is 2.04. The van der Waals surface area contributed by atoms with Gasteiger partial charge in [0.15, 0.2) is 0 Å². The van der Waals surface area contributed by atoms with E-state index in [4.69, 9.17) is 14.4 Å². The lowest BCUT2D eigenvalue weighted by Crippen LogP contribution is -2.10. The summed E-state index contributed by atoms with van der Waals surface area (Å²) in [5.41, 5.74) is 0. The Morgan fingerprint density at radius 1 is 1.47 bits per heavy atom. The predicted molar refractivity (Wildman–Crippen MR) is 58.9 cm³/mol. The van der Waals surface area contributed by atoms with Gasteiger partial charge in [-0.25, -0.2) is 0 Å². The molecule has 0 spiro atoms. The Balaban J connectivity index is 3.06. The molecule has 1 rings (SSSR count). The van der Waals surface area contributed by atoms with Crippen LogP contribution in [-0.2, 0) is 9.09 Å². The summed E-state index contributed by atoms with van der Waals surface area (Å²) in [6, 6.07) is 6.74. The first-order chi connectivity index (χ1) is 7.16. The normalized spacial score (nSPS) is 14.6. The Morgan fingerprint density at radius 3 is 2.73 bits per heavy atom. The van der Waals surface area contributed by atoms with E-state index in [2.05, 4.69) is 0 Å². The molecule has 0 aliphatic rings. The van der Waals surface area contributed by atoms with Crippen molar-refractivity contribution in [3.63, 3.8) is 0 Å². The molecule has 4 nitrogen and oxygen atoms in total. The molecule has 1 N–H and O–H groups in total. The van der Waals surface area contributed by atoms with Crippen LogP contribution < -0.4 is 10.0 Å². The van der Waals surface area contributed by atoms with Crippen LogP contribution in [0.25, 0.3) is 0 Å². The van der Waals surface area contributed by atoms with E-state index in [-0.39, 0.29) is 0 Å². The Hall–Kier alpha value is -0.830. The maximum Gasteiger partial charge on any atom is 0.256 e. The second-order valence-corrected chi connectivity index (χ2v) is 5.34. The SMILES string of the molecule is CCOP(=O)(CO)c1cccc(OC)c1. The molecule has 0 amide bonds. The van der Waals surface area contributed by atoms with Crippen LogP contribution in [-0.4, -0.2) is 25.2 Å². The number of benzene rings is 1. The highest BCUT2D eigenvalue weighted by Gasteiger charge is 2.24. The van der Waals surface area contributed by atoms with Gasteiger partial charge in [0.2, 0.25) is 0 Å². The van der Waals surface area contributed by atoms with Crippen molar-refractivity contribution < 1.29 is 18.9 Å². The highest BCUT2D eigenvalue weighted by Crippen LogP contribution is 2.44. The average molecular weight is 230 g/mol. The first-order valence-corrected chi connectivity index (χ1v) is 6.46. The summed E-state index contributed by atoms with van der Waals surface area (Å²) in [4.78, 5) is 0. The quantitative estimate of drug-likeness (QED) is 0.780. The van der Waals surface area contributed by atoms with Crippen molar-refractivity contribution >= 4 is 12.7 Å². The lowest BCUT2D eigenvalue weighted by molar-refractivity contribution is 0.291. The van der Waals surface area contributed by atoms with Crippen molar-refractivity contribution in [2.24, 2.45) is 0 Å². The van der Waals surface area contributed by atoms with Gasteiger partial charge in [0.1, 0.15) is 12.1 Å². The van der Waals surface area contributed by atoms with Crippen LogP contribution in [0.15, 0.2) is 24.3 Å². The zero-order valence-electron chi connectivity index (χ0n) is 8.84. The second-order valence-electron chi connectivity index (χ2n) is 2.93. The smallest absolute Gasteiger partial charge is 0.256 e. The van der Waals surface area contributed by atoms with Crippen molar-refractivity contribution in [1.82, 2.24) is 0 Å². The maximum absolute atomic E-state index is 12.1. The van der Waals surface area contributed by atoms with Crippen LogP contribution in [0.5, 0.6) is 5.75 Å². The van der Waals surface area contributed by atoms with Crippen LogP contribution in [0.3, 0.4) is 0 Å².